The third-order valence-corrected chi connectivity index (χ3v) is 6.06. The van der Waals surface area contributed by atoms with Crippen LogP contribution in [-0.4, -0.2) is 39.7 Å². The van der Waals surface area contributed by atoms with Crippen molar-refractivity contribution in [2.45, 2.75) is 30.0 Å². The van der Waals surface area contributed by atoms with Crippen LogP contribution in [0.3, 0.4) is 0 Å². The van der Waals surface area contributed by atoms with Gasteiger partial charge in [-0.15, -0.1) is 11.8 Å². The highest BCUT2D eigenvalue weighted by Gasteiger charge is 2.41. The van der Waals surface area contributed by atoms with Crippen molar-refractivity contribution in [2.75, 3.05) is 27.6 Å². The molecule has 10 heteroatoms. The summed E-state index contributed by atoms with van der Waals surface area (Å²) < 4.78 is 55.5. The van der Waals surface area contributed by atoms with Crippen LogP contribution in [0.15, 0.2) is 34.0 Å². The number of alkyl halides is 3. The van der Waals surface area contributed by atoms with Gasteiger partial charge in [0.15, 0.2) is 16.9 Å². The Bertz CT molecular complexity index is 1100. The highest BCUT2D eigenvalue weighted by atomic mass is 32.2. The maximum absolute atomic E-state index is 13.0. The molecule has 0 saturated carbocycles. The number of rotatable bonds is 5. The Hall–Kier alpha value is -2.88. The van der Waals surface area contributed by atoms with E-state index in [4.69, 9.17) is 14.2 Å². The molecule has 0 unspecified atom stereocenters. The van der Waals surface area contributed by atoms with Crippen molar-refractivity contribution in [3.8, 4) is 28.4 Å². The molecule has 0 spiro atoms. The second-order valence-corrected chi connectivity index (χ2v) is 7.87. The number of hydrogen-bond acceptors (Lipinski definition) is 6. The Balaban J connectivity index is 2.35. The van der Waals surface area contributed by atoms with Gasteiger partial charge >= 0.3 is 12.1 Å². The Morgan fingerprint density at radius 3 is 2.34 bits per heavy atom. The minimum absolute atomic E-state index is 0.137. The van der Waals surface area contributed by atoms with E-state index < -0.39 is 18.1 Å². The quantitative estimate of drug-likeness (QED) is 0.664. The Morgan fingerprint density at radius 1 is 1.09 bits per heavy atom. The van der Waals surface area contributed by atoms with Gasteiger partial charge in [0.2, 0.25) is 5.75 Å². The van der Waals surface area contributed by atoms with Gasteiger partial charge < -0.3 is 19.5 Å². The number of fused-ring (bicyclic) bond motifs is 3. The molecular formula is C22H22F3NO5S. The number of halogens is 3. The van der Waals surface area contributed by atoms with E-state index in [9.17, 15) is 22.8 Å². The molecule has 0 fully saturated rings. The highest BCUT2D eigenvalue weighted by molar-refractivity contribution is 7.98. The molecule has 1 amide bonds. The van der Waals surface area contributed by atoms with E-state index in [1.54, 1.807) is 24.5 Å². The lowest BCUT2D eigenvalue weighted by atomic mass is 9.95. The second kappa shape index (κ2) is 9.32. The van der Waals surface area contributed by atoms with Crippen LogP contribution in [0.25, 0.3) is 11.1 Å². The fraction of sp³-hybridized carbons (Fsp3) is 0.364. The van der Waals surface area contributed by atoms with Crippen LogP contribution in [0.1, 0.15) is 23.6 Å². The van der Waals surface area contributed by atoms with Gasteiger partial charge in [-0.1, -0.05) is 6.07 Å². The van der Waals surface area contributed by atoms with Crippen molar-refractivity contribution in [3.63, 3.8) is 0 Å². The molecule has 0 bridgehead atoms. The van der Waals surface area contributed by atoms with Crippen LogP contribution < -0.4 is 25.0 Å². The van der Waals surface area contributed by atoms with Crippen LogP contribution in [0.5, 0.6) is 17.2 Å². The van der Waals surface area contributed by atoms with Crippen molar-refractivity contribution in [1.82, 2.24) is 5.32 Å². The number of carbonyl (C=O) groups excluding carboxylic acids is 1. The molecule has 0 saturated heterocycles. The molecule has 6 nitrogen and oxygen atoms in total. The van der Waals surface area contributed by atoms with E-state index in [-0.39, 0.29) is 17.4 Å². The number of benzene rings is 1. The first-order valence-electron chi connectivity index (χ1n) is 9.58. The average molecular weight is 469 g/mol. The van der Waals surface area contributed by atoms with E-state index in [0.717, 1.165) is 5.56 Å². The van der Waals surface area contributed by atoms with Gasteiger partial charge in [0.05, 0.1) is 32.3 Å². The first-order valence-corrected chi connectivity index (χ1v) is 10.8. The number of ether oxygens (including phenoxy) is 3. The van der Waals surface area contributed by atoms with Gasteiger partial charge in [-0.3, -0.25) is 9.59 Å². The number of methoxy groups -OCH3 is 3. The fourth-order valence-corrected chi connectivity index (χ4v) is 4.32. The monoisotopic (exact) mass is 469 g/mol. The maximum Gasteiger partial charge on any atom is 0.471 e. The summed E-state index contributed by atoms with van der Waals surface area (Å²) in [5.74, 6) is -1.02. The number of thioether (sulfide) groups is 1. The van der Waals surface area contributed by atoms with Crippen LogP contribution in [0, 0.1) is 0 Å². The molecule has 1 aliphatic rings. The summed E-state index contributed by atoms with van der Waals surface area (Å²) in [5, 5.41) is 2.05. The molecule has 0 aromatic heterocycles. The number of carbonyl (C=O) groups is 1. The summed E-state index contributed by atoms with van der Waals surface area (Å²) >= 11 is 1.22. The summed E-state index contributed by atoms with van der Waals surface area (Å²) in [6, 6.07) is 5.25. The van der Waals surface area contributed by atoms with E-state index in [1.165, 1.54) is 39.2 Å². The van der Waals surface area contributed by atoms with Gasteiger partial charge in [0.25, 0.3) is 0 Å². The van der Waals surface area contributed by atoms with Gasteiger partial charge in [-0.25, -0.2) is 0 Å². The highest BCUT2D eigenvalue weighted by Crippen LogP contribution is 2.50. The SMILES string of the molecule is COc1cc2c(c(OC)c1OC)-c1ccc(SC)c(=O)cc1[C@@H](NC(=O)C(F)(F)F)CC2. The number of amides is 1. The lowest BCUT2D eigenvalue weighted by Crippen LogP contribution is -2.39. The second-order valence-electron chi connectivity index (χ2n) is 7.02. The van der Waals surface area contributed by atoms with Gasteiger partial charge in [0, 0.05) is 5.56 Å². The Labute approximate surface area is 187 Å². The lowest BCUT2D eigenvalue weighted by molar-refractivity contribution is -0.174. The van der Waals surface area contributed by atoms with E-state index in [2.05, 4.69) is 5.32 Å². The fourth-order valence-electron chi connectivity index (χ4n) is 3.86. The predicted octanol–water partition coefficient (Wildman–Crippen LogP) is 4.13. The number of hydrogen-bond donors (Lipinski definition) is 1. The largest absolute Gasteiger partial charge is 0.493 e. The molecule has 0 radical (unpaired) electrons. The summed E-state index contributed by atoms with van der Waals surface area (Å²) in [6.45, 7) is 0. The molecular weight excluding hydrogens is 447 g/mol. The number of nitrogens with one attached hydrogen (secondary N) is 1. The minimum atomic E-state index is -5.05. The molecule has 1 aliphatic carbocycles. The average Bonchev–Trinajstić information content (AvgIpc) is 3.00. The molecule has 1 N–H and O–H groups in total. The lowest BCUT2D eigenvalue weighted by Gasteiger charge is -2.20. The minimum Gasteiger partial charge on any atom is -0.493 e. The third kappa shape index (κ3) is 4.36. The van der Waals surface area contributed by atoms with E-state index in [0.29, 0.717) is 39.7 Å². The van der Waals surface area contributed by atoms with Crippen molar-refractivity contribution < 1.29 is 32.2 Å². The molecule has 1 atom stereocenters. The smallest absolute Gasteiger partial charge is 0.471 e. The van der Waals surface area contributed by atoms with Crippen molar-refractivity contribution in [2.24, 2.45) is 0 Å². The zero-order valence-electron chi connectivity index (χ0n) is 17.9. The molecule has 0 heterocycles. The van der Waals surface area contributed by atoms with Crippen LogP contribution >= 0.6 is 11.8 Å². The van der Waals surface area contributed by atoms with Crippen molar-refractivity contribution in [1.29, 1.82) is 0 Å². The molecule has 2 aromatic carbocycles. The Kier molecular flexibility index (Phi) is 6.92. The topological polar surface area (TPSA) is 73.9 Å². The van der Waals surface area contributed by atoms with Crippen LogP contribution in [0.2, 0.25) is 0 Å². The summed E-state index contributed by atoms with van der Waals surface area (Å²) in [7, 11) is 4.36. The zero-order chi connectivity index (χ0) is 23.6. The summed E-state index contributed by atoms with van der Waals surface area (Å²) in [5.41, 5.74) is 1.70. The summed E-state index contributed by atoms with van der Waals surface area (Å²) in [4.78, 5) is 24.9. The van der Waals surface area contributed by atoms with E-state index in [1.807, 2.05) is 0 Å². The first-order chi connectivity index (χ1) is 15.2. The van der Waals surface area contributed by atoms with Crippen molar-refractivity contribution in [3.05, 3.63) is 45.6 Å². The summed E-state index contributed by atoms with van der Waals surface area (Å²) in [6.07, 6.45) is -2.88. The molecule has 172 valence electrons. The van der Waals surface area contributed by atoms with Crippen LogP contribution in [-0.2, 0) is 11.2 Å². The normalized spacial score (nSPS) is 15.2. The van der Waals surface area contributed by atoms with Gasteiger partial charge in [-0.2, -0.15) is 13.2 Å². The number of aryl methyl sites for hydroxylation is 1. The first kappa shape index (κ1) is 23.8. The van der Waals surface area contributed by atoms with Gasteiger partial charge in [0.1, 0.15) is 0 Å². The van der Waals surface area contributed by atoms with Crippen LogP contribution in [0.4, 0.5) is 13.2 Å². The zero-order valence-corrected chi connectivity index (χ0v) is 18.7. The third-order valence-electron chi connectivity index (χ3n) is 5.28. The maximum atomic E-state index is 13.0. The van der Waals surface area contributed by atoms with E-state index >= 15 is 0 Å². The predicted molar refractivity (Wildman–Crippen MR) is 115 cm³/mol. The van der Waals surface area contributed by atoms with Gasteiger partial charge in [-0.05, 0) is 54.0 Å². The Morgan fingerprint density at radius 2 is 1.78 bits per heavy atom. The molecule has 3 rings (SSSR count). The molecule has 0 aliphatic heterocycles. The molecule has 2 aromatic rings. The van der Waals surface area contributed by atoms with Crippen molar-refractivity contribution >= 4 is 17.7 Å². The standard InChI is InChI=1S/C22H22F3NO5S/c1-29-16-9-11-5-7-14(26-21(28)22(23,24)25)13-10-15(27)17(32-4)8-6-12(13)18(11)20(31-3)19(16)30-2/h6,8-10,14H,5,7H2,1-4H3,(H,26,28)/t14-/m0/s1. The molecule has 32 heavy (non-hydrogen) atoms.